The van der Waals surface area contributed by atoms with Crippen LogP contribution in [0.15, 0.2) is 79.4 Å². The van der Waals surface area contributed by atoms with Crippen LogP contribution in [-0.2, 0) is 5.60 Å². The molecule has 0 saturated carbocycles. The lowest BCUT2D eigenvalue weighted by atomic mass is 9.77. The second-order valence-corrected chi connectivity index (χ2v) is 6.27. The molecule has 3 rings (SSSR count). The molecule has 134 valence electrons. The van der Waals surface area contributed by atoms with Gasteiger partial charge in [-0.15, -0.1) is 0 Å². The van der Waals surface area contributed by atoms with Crippen molar-refractivity contribution >= 4 is 0 Å². The third-order valence-corrected chi connectivity index (χ3v) is 4.61. The summed E-state index contributed by atoms with van der Waals surface area (Å²) in [7, 11) is 1.89. The fourth-order valence-electron chi connectivity index (χ4n) is 3.40. The summed E-state index contributed by atoms with van der Waals surface area (Å²) in [5.74, 6) is 0. The number of likely N-dealkylation sites (N-methyl/N-ethyl adjacent to an activating group) is 1. The standard InChI is InChI=1S/C21H23N3O2/c1-24(13-14-25)20(17-7-3-2-4-8-17)21(26,18-9-5-11-22-15-18)19-10-6-12-23-16-19/h2-12,15-16,20,25-26H,13-14H2,1H3. The van der Waals surface area contributed by atoms with Gasteiger partial charge >= 0.3 is 0 Å². The number of benzene rings is 1. The summed E-state index contributed by atoms with van der Waals surface area (Å²) in [6.45, 7) is 0.415. The molecule has 1 atom stereocenters. The van der Waals surface area contributed by atoms with Gasteiger partial charge in [0.25, 0.3) is 0 Å². The van der Waals surface area contributed by atoms with Crippen molar-refractivity contribution in [3.63, 3.8) is 0 Å². The van der Waals surface area contributed by atoms with Crippen LogP contribution >= 0.6 is 0 Å². The highest BCUT2D eigenvalue weighted by Crippen LogP contribution is 2.43. The van der Waals surface area contributed by atoms with Crippen LogP contribution in [0.25, 0.3) is 0 Å². The van der Waals surface area contributed by atoms with E-state index in [4.69, 9.17) is 0 Å². The first-order chi connectivity index (χ1) is 12.7. The normalized spacial score (nSPS) is 12.9. The van der Waals surface area contributed by atoms with Crippen LogP contribution in [0.1, 0.15) is 22.7 Å². The summed E-state index contributed by atoms with van der Waals surface area (Å²) in [5, 5.41) is 21.6. The molecule has 0 spiro atoms. The molecule has 2 N–H and O–H groups in total. The second kappa shape index (κ2) is 8.19. The first kappa shape index (κ1) is 18.2. The Balaban J connectivity index is 2.23. The molecular weight excluding hydrogens is 326 g/mol. The molecule has 1 aromatic carbocycles. The lowest BCUT2D eigenvalue weighted by Gasteiger charge is -2.42. The van der Waals surface area contributed by atoms with Gasteiger partial charge in [-0.2, -0.15) is 0 Å². The zero-order valence-corrected chi connectivity index (χ0v) is 14.7. The Morgan fingerprint density at radius 1 is 0.923 bits per heavy atom. The molecule has 0 bridgehead atoms. The van der Waals surface area contributed by atoms with Gasteiger partial charge in [-0.1, -0.05) is 42.5 Å². The van der Waals surface area contributed by atoms with Gasteiger partial charge in [0.2, 0.25) is 0 Å². The molecule has 1 unspecified atom stereocenters. The van der Waals surface area contributed by atoms with Crippen molar-refractivity contribution in [2.45, 2.75) is 11.6 Å². The molecule has 5 nitrogen and oxygen atoms in total. The van der Waals surface area contributed by atoms with Gasteiger partial charge in [0.1, 0.15) is 5.60 Å². The Labute approximate surface area is 153 Å². The Morgan fingerprint density at radius 3 is 1.96 bits per heavy atom. The number of nitrogens with zero attached hydrogens (tertiary/aromatic N) is 3. The van der Waals surface area contributed by atoms with Crippen molar-refractivity contribution < 1.29 is 10.2 Å². The fraction of sp³-hybridized carbons (Fsp3) is 0.238. The Kier molecular flexibility index (Phi) is 5.73. The van der Waals surface area contributed by atoms with Crippen molar-refractivity contribution in [2.75, 3.05) is 20.2 Å². The molecular formula is C21H23N3O2. The highest BCUT2D eigenvalue weighted by Gasteiger charge is 2.43. The van der Waals surface area contributed by atoms with Crippen molar-refractivity contribution in [2.24, 2.45) is 0 Å². The lowest BCUT2D eigenvalue weighted by Crippen LogP contribution is -2.44. The van der Waals surface area contributed by atoms with Gasteiger partial charge in [0.15, 0.2) is 0 Å². The monoisotopic (exact) mass is 349 g/mol. The minimum Gasteiger partial charge on any atom is -0.395 e. The lowest BCUT2D eigenvalue weighted by molar-refractivity contribution is -0.0183. The molecule has 5 heteroatoms. The molecule has 26 heavy (non-hydrogen) atoms. The van der Waals surface area contributed by atoms with E-state index in [-0.39, 0.29) is 6.61 Å². The van der Waals surface area contributed by atoms with Gasteiger partial charge in [0, 0.05) is 42.5 Å². The Bertz CT molecular complexity index is 758. The van der Waals surface area contributed by atoms with Gasteiger partial charge in [-0.3, -0.25) is 14.9 Å². The molecule has 2 aromatic heterocycles. The number of pyridine rings is 2. The summed E-state index contributed by atoms with van der Waals surface area (Å²) in [5.41, 5.74) is 0.908. The van der Waals surface area contributed by atoms with E-state index >= 15 is 0 Å². The van der Waals surface area contributed by atoms with Crippen molar-refractivity contribution in [1.82, 2.24) is 14.9 Å². The van der Waals surface area contributed by atoms with Crippen LogP contribution < -0.4 is 0 Å². The topological polar surface area (TPSA) is 69.5 Å². The van der Waals surface area contributed by atoms with E-state index in [2.05, 4.69) is 9.97 Å². The third kappa shape index (κ3) is 3.51. The number of aliphatic hydroxyl groups is 2. The Morgan fingerprint density at radius 2 is 1.50 bits per heavy atom. The predicted octanol–water partition coefficient (Wildman–Crippen LogP) is 2.38. The largest absolute Gasteiger partial charge is 0.395 e. The SMILES string of the molecule is CN(CCO)C(c1ccccc1)C(O)(c1cccnc1)c1cccnc1. The van der Waals surface area contributed by atoms with Crippen LogP contribution in [-0.4, -0.2) is 45.3 Å². The highest BCUT2D eigenvalue weighted by molar-refractivity contribution is 5.39. The number of rotatable bonds is 7. The fourth-order valence-corrected chi connectivity index (χ4v) is 3.40. The molecule has 0 radical (unpaired) electrons. The minimum absolute atomic E-state index is 0.00398. The average molecular weight is 349 g/mol. The Hall–Kier alpha value is -2.60. The van der Waals surface area contributed by atoms with Gasteiger partial charge in [-0.25, -0.2) is 0 Å². The summed E-state index contributed by atoms with van der Waals surface area (Å²) in [6, 6.07) is 16.7. The summed E-state index contributed by atoms with van der Waals surface area (Å²) >= 11 is 0. The smallest absolute Gasteiger partial charge is 0.137 e. The first-order valence-corrected chi connectivity index (χ1v) is 8.57. The zero-order chi connectivity index (χ0) is 18.4. The predicted molar refractivity (Wildman–Crippen MR) is 100 cm³/mol. The molecule has 0 fully saturated rings. The molecule has 0 aliphatic rings. The van der Waals surface area contributed by atoms with E-state index < -0.39 is 11.6 Å². The van der Waals surface area contributed by atoms with E-state index in [1.165, 1.54) is 0 Å². The van der Waals surface area contributed by atoms with Gasteiger partial charge in [-0.05, 0) is 24.7 Å². The maximum atomic E-state index is 12.1. The number of aliphatic hydroxyl groups excluding tert-OH is 1. The van der Waals surface area contributed by atoms with Crippen LogP contribution in [0.3, 0.4) is 0 Å². The van der Waals surface area contributed by atoms with Crippen LogP contribution in [0.5, 0.6) is 0 Å². The van der Waals surface area contributed by atoms with Gasteiger partial charge < -0.3 is 10.2 Å². The maximum absolute atomic E-state index is 12.1. The average Bonchev–Trinajstić information content (AvgIpc) is 2.70. The van der Waals surface area contributed by atoms with E-state index in [0.717, 1.165) is 5.56 Å². The second-order valence-electron chi connectivity index (χ2n) is 6.27. The quantitative estimate of drug-likeness (QED) is 0.685. The third-order valence-electron chi connectivity index (χ3n) is 4.61. The number of hydrogen-bond acceptors (Lipinski definition) is 5. The minimum atomic E-state index is -1.38. The number of aromatic nitrogens is 2. The molecule has 2 heterocycles. The summed E-state index contributed by atoms with van der Waals surface area (Å²) in [4.78, 5) is 10.4. The molecule has 3 aromatic rings. The molecule has 0 aliphatic heterocycles. The van der Waals surface area contributed by atoms with E-state index in [1.54, 1.807) is 24.8 Å². The highest BCUT2D eigenvalue weighted by atomic mass is 16.3. The maximum Gasteiger partial charge on any atom is 0.137 e. The van der Waals surface area contributed by atoms with Crippen LogP contribution in [0.4, 0.5) is 0 Å². The zero-order valence-electron chi connectivity index (χ0n) is 14.7. The molecule has 0 aliphatic carbocycles. The molecule has 0 saturated heterocycles. The summed E-state index contributed by atoms with van der Waals surface area (Å²) < 4.78 is 0. The van der Waals surface area contributed by atoms with Crippen LogP contribution in [0.2, 0.25) is 0 Å². The van der Waals surface area contributed by atoms with E-state index in [1.807, 2.05) is 66.5 Å². The first-order valence-electron chi connectivity index (χ1n) is 8.57. The van der Waals surface area contributed by atoms with E-state index in [9.17, 15) is 10.2 Å². The van der Waals surface area contributed by atoms with Crippen molar-refractivity contribution in [1.29, 1.82) is 0 Å². The van der Waals surface area contributed by atoms with Gasteiger partial charge in [0.05, 0.1) is 12.6 Å². The number of hydrogen-bond donors (Lipinski definition) is 2. The van der Waals surface area contributed by atoms with Crippen LogP contribution in [0, 0.1) is 0 Å². The van der Waals surface area contributed by atoms with Crippen molar-refractivity contribution in [3.8, 4) is 0 Å². The molecule has 0 amide bonds. The van der Waals surface area contributed by atoms with E-state index in [0.29, 0.717) is 17.7 Å². The van der Waals surface area contributed by atoms with Crippen molar-refractivity contribution in [3.05, 3.63) is 96.1 Å². The summed E-state index contributed by atoms with van der Waals surface area (Å²) in [6.07, 6.45) is 6.72.